The number of anilines is 1. The largest absolute Gasteiger partial charge is 0.477 e. The molecule has 0 atom stereocenters. The number of nitrogens with two attached hydrogens (primary N) is 1. The molecule has 1 aromatic carbocycles. The second kappa shape index (κ2) is 4.75. The maximum absolute atomic E-state index is 11.1. The Morgan fingerprint density at radius 3 is 2.65 bits per heavy atom. The van der Waals surface area contributed by atoms with Crippen LogP contribution in [0.4, 0.5) is 5.82 Å². The molecular formula is C13H9IN4O2. The minimum Gasteiger partial charge on any atom is -0.477 e. The molecule has 0 spiro atoms. The first-order valence-electron chi connectivity index (χ1n) is 5.71. The van der Waals surface area contributed by atoms with E-state index >= 15 is 0 Å². The molecule has 0 unspecified atom stereocenters. The Bertz CT molecular complexity index is 814. The van der Waals surface area contributed by atoms with Crippen LogP contribution in [-0.4, -0.2) is 25.7 Å². The van der Waals surface area contributed by atoms with Crippen LogP contribution in [0, 0.1) is 3.57 Å². The van der Waals surface area contributed by atoms with Crippen LogP contribution in [0.2, 0.25) is 0 Å². The summed E-state index contributed by atoms with van der Waals surface area (Å²) in [6.07, 6.45) is 1.26. The summed E-state index contributed by atoms with van der Waals surface area (Å²) in [6.45, 7) is 0. The maximum Gasteiger partial charge on any atom is 0.341 e. The Hall–Kier alpha value is -2.16. The Morgan fingerprint density at radius 2 is 2.00 bits per heavy atom. The summed E-state index contributed by atoms with van der Waals surface area (Å²) in [5, 5.41) is 13.4. The van der Waals surface area contributed by atoms with Crippen LogP contribution in [0.15, 0.2) is 36.5 Å². The van der Waals surface area contributed by atoms with E-state index in [4.69, 9.17) is 10.8 Å². The van der Waals surface area contributed by atoms with E-state index in [0.717, 1.165) is 14.8 Å². The molecule has 2 aromatic heterocycles. The van der Waals surface area contributed by atoms with E-state index in [0.29, 0.717) is 5.65 Å². The van der Waals surface area contributed by atoms with E-state index in [1.165, 1.54) is 10.7 Å². The van der Waals surface area contributed by atoms with Crippen LogP contribution >= 0.6 is 22.6 Å². The van der Waals surface area contributed by atoms with Crippen molar-refractivity contribution in [1.29, 1.82) is 0 Å². The number of aromatic carboxylic acids is 1. The van der Waals surface area contributed by atoms with Crippen molar-refractivity contribution in [1.82, 2.24) is 14.6 Å². The van der Waals surface area contributed by atoms with E-state index in [1.54, 1.807) is 0 Å². The van der Waals surface area contributed by atoms with E-state index in [-0.39, 0.29) is 11.4 Å². The molecule has 0 saturated carbocycles. The lowest BCUT2D eigenvalue weighted by molar-refractivity contribution is 0.0697. The summed E-state index contributed by atoms with van der Waals surface area (Å²) in [6, 6.07) is 9.60. The molecule has 3 aromatic rings. The third-order valence-corrected chi connectivity index (χ3v) is 3.90. The van der Waals surface area contributed by atoms with Gasteiger partial charge in [-0.1, -0.05) is 30.3 Å². The molecule has 100 valence electrons. The van der Waals surface area contributed by atoms with E-state index in [1.807, 2.05) is 30.3 Å². The molecule has 6 nitrogen and oxygen atoms in total. The van der Waals surface area contributed by atoms with Crippen molar-refractivity contribution in [2.75, 3.05) is 5.73 Å². The summed E-state index contributed by atoms with van der Waals surface area (Å²) in [5.74, 6) is -1.05. The fraction of sp³-hybridized carbons (Fsp3) is 0. The van der Waals surface area contributed by atoms with Gasteiger partial charge in [-0.25, -0.2) is 9.78 Å². The average Bonchev–Trinajstić information content (AvgIpc) is 2.78. The van der Waals surface area contributed by atoms with Crippen molar-refractivity contribution in [2.45, 2.75) is 0 Å². The summed E-state index contributed by atoms with van der Waals surface area (Å²) in [4.78, 5) is 15.2. The van der Waals surface area contributed by atoms with Gasteiger partial charge in [0.1, 0.15) is 17.1 Å². The first kappa shape index (κ1) is 12.9. The van der Waals surface area contributed by atoms with Crippen LogP contribution in [0.1, 0.15) is 10.4 Å². The molecule has 0 saturated heterocycles. The zero-order valence-corrected chi connectivity index (χ0v) is 12.3. The quantitative estimate of drug-likeness (QED) is 0.666. The number of hydrogen-bond acceptors (Lipinski definition) is 4. The lowest BCUT2D eigenvalue weighted by atomic mass is 10.2. The number of hydrogen-bond donors (Lipinski definition) is 2. The number of benzene rings is 1. The number of carboxylic acids is 1. The molecule has 3 N–H and O–H groups in total. The zero-order valence-electron chi connectivity index (χ0n) is 10.1. The highest BCUT2D eigenvalue weighted by Gasteiger charge is 2.18. The SMILES string of the molecule is Nc1c(C(=O)O)cnc2c(I)c(-c3ccccc3)nn12. The summed E-state index contributed by atoms with van der Waals surface area (Å²) < 4.78 is 2.20. The minimum absolute atomic E-state index is 0.0592. The third-order valence-electron chi connectivity index (χ3n) is 2.90. The number of aromatic nitrogens is 3. The predicted molar refractivity (Wildman–Crippen MR) is 82.5 cm³/mol. The summed E-state index contributed by atoms with van der Waals surface area (Å²) in [5.41, 5.74) is 8.00. The van der Waals surface area contributed by atoms with Crippen molar-refractivity contribution >= 4 is 40.0 Å². The number of carboxylic acid groups (broad SMARTS) is 1. The molecule has 0 fully saturated rings. The molecule has 2 heterocycles. The number of fused-ring (bicyclic) bond motifs is 1. The van der Waals surface area contributed by atoms with E-state index in [9.17, 15) is 4.79 Å². The van der Waals surface area contributed by atoms with Gasteiger partial charge in [0.2, 0.25) is 0 Å². The van der Waals surface area contributed by atoms with Crippen LogP contribution in [-0.2, 0) is 0 Å². The monoisotopic (exact) mass is 380 g/mol. The van der Waals surface area contributed by atoms with Crippen molar-refractivity contribution in [2.24, 2.45) is 0 Å². The average molecular weight is 380 g/mol. The first-order valence-corrected chi connectivity index (χ1v) is 6.79. The third kappa shape index (κ3) is 1.90. The summed E-state index contributed by atoms with van der Waals surface area (Å²) >= 11 is 2.13. The van der Waals surface area contributed by atoms with Gasteiger partial charge in [0.25, 0.3) is 0 Å². The molecule has 0 aliphatic rings. The van der Waals surface area contributed by atoms with Crippen molar-refractivity contribution in [3.05, 3.63) is 45.7 Å². The van der Waals surface area contributed by atoms with Gasteiger partial charge in [0, 0.05) is 11.8 Å². The summed E-state index contributed by atoms with van der Waals surface area (Å²) in [7, 11) is 0. The Labute approximate surface area is 127 Å². The zero-order chi connectivity index (χ0) is 14.3. The van der Waals surface area contributed by atoms with Gasteiger partial charge in [0.15, 0.2) is 5.65 Å². The van der Waals surface area contributed by atoms with Gasteiger partial charge >= 0.3 is 5.97 Å². The number of nitrogens with zero attached hydrogens (tertiary/aromatic N) is 3. The minimum atomic E-state index is -1.12. The van der Waals surface area contributed by atoms with E-state index < -0.39 is 5.97 Å². The smallest absolute Gasteiger partial charge is 0.341 e. The second-order valence-corrected chi connectivity index (χ2v) is 5.21. The van der Waals surface area contributed by atoms with Crippen LogP contribution < -0.4 is 5.73 Å². The molecule has 0 radical (unpaired) electrons. The molecule has 0 amide bonds. The van der Waals surface area contributed by atoms with E-state index in [2.05, 4.69) is 32.7 Å². The Balaban J connectivity index is 2.30. The fourth-order valence-electron chi connectivity index (χ4n) is 1.92. The molecule has 0 bridgehead atoms. The molecule has 20 heavy (non-hydrogen) atoms. The van der Waals surface area contributed by atoms with Gasteiger partial charge in [-0.2, -0.15) is 9.61 Å². The molecule has 0 aliphatic carbocycles. The molecule has 0 aliphatic heterocycles. The van der Waals surface area contributed by atoms with Crippen molar-refractivity contribution in [3.63, 3.8) is 0 Å². The number of nitrogen functional groups attached to an aromatic ring is 1. The van der Waals surface area contributed by atoms with Gasteiger partial charge in [-0.15, -0.1) is 0 Å². The highest BCUT2D eigenvalue weighted by Crippen LogP contribution is 2.28. The van der Waals surface area contributed by atoms with Crippen LogP contribution in [0.25, 0.3) is 16.9 Å². The highest BCUT2D eigenvalue weighted by atomic mass is 127. The lowest BCUT2D eigenvalue weighted by Gasteiger charge is -2.01. The Kier molecular flexibility index (Phi) is 3.05. The van der Waals surface area contributed by atoms with Gasteiger partial charge < -0.3 is 10.8 Å². The molecule has 7 heteroatoms. The fourth-order valence-corrected chi connectivity index (χ4v) is 2.71. The number of halogens is 1. The molecule has 3 rings (SSSR count). The standard InChI is InChI=1S/C13H9IN4O2/c14-9-10(7-4-2-1-3-5-7)17-18-11(15)8(13(19)20)6-16-12(9)18/h1-6H,15H2,(H,19,20). The predicted octanol–water partition coefficient (Wildman–Crippen LogP) is 2.28. The van der Waals surface area contributed by atoms with Crippen molar-refractivity contribution in [3.8, 4) is 11.3 Å². The molecular weight excluding hydrogens is 371 g/mol. The maximum atomic E-state index is 11.1. The lowest BCUT2D eigenvalue weighted by Crippen LogP contribution is -2.09. The Morgan fingerprint density at radius 1 is 1.30 bits per heavy atom. The van der Waals surface area contributed by atoms with Crippen LogP contribution in [0.5, 0.6) is 0 Å². The van der Waals surface area contributed by atoms with Gasteiger partial charge in [0.05, 0.1) is 3.57 Å². The highest BCUT2D eigenvalue weighted by molar-refractivity contribution is 14.1. The van der Waals surface area contributed by atoms with Crippen LogP contribution in [0.3, 0.4) is 0 Å². The second-order valence-electron chi connectivity index (χ2n) is 4.13. The van der Waals surface area contributed by atoms with Gasteiger partial charge in [-0.3, -0.25) is 0 Å². The number of carbonyl (C=O) groups is 1. The van der Waals surface area contributed by atoms with Gasteiger partial charge in [-0.05, 0) is 22.6 Å². The van der Waals surface area contributed by atoms with Crippen molar-refractivity contribution < 1.29 is 9.90 Å². The topological polar surface area (TPSA) is 93.5 Å². The first-order chi connectivity index (χ1) is 9.59. The number of rotatable bonds is 2. The normalized spacial score (nSPS) is 10.8.